The smallest absolute Gasteiger partial charge is 0.113 e. The van der Waals surface area contributed by atoms with E-state index in [1.54, 1.807) is 0 Å². The molecule has 42 heavy (non-hydrogen) atoms. The van der Waals surface area contributed by atoms with Gasteiger partial charge >= 0.3 is 0 Å². The van der Waals surface area contributed by atoms with Gasteiger partial charge in [0, 0.05) is 45.3 Å². The first-order valence-electron chi connectivity index (χ1n) is 14.2. The van der Waals surface area contributed by atoms with E-state index < -0.39 is 0 Å². The molecule has 196 valence electrons. The van der Waals surface area contributed by atoms with Gasteiger partial charge in [0.15, 0.2) is 0 Å². The van der Waals surface area contributed by atoms with Crippen molar-refractivity contribution in [1.29, 1.82) is 0 Å². The Bertz CT molecular complexity index is 2450. The van der Waals surface area contributed by atoms with Crippen molar-refractivity contribution in [1.82, 2.24) is 19.1 Å². The number of rotatable bonds is 3. The van der Waals surface area contributed by atoms with Crippen molar-refractivity contribution in [2.45, 2.75) is 0 Å². The first kappa shape index (κ1) is 23.0. The number of pyridine rings is 2. The van der Waals surface area contributed by atoms with E-state index in [4.69, 9.17) is 9.97 Å². The van der Waals surface area contributed by atoms with Crippen LogP contribution in [0.15, 0.2) is 146 Å². The molecule has 0 fully saturated rings. The molecule has 4 heterocycles. The molecule has 4 aromatic heterocycles. The number of nitrogens with zero attached hydrogens (tertiary/aromatic N) is 4. The summed E-state index contributed by atoms with van der Waals surface area (Å²) >= 11 is 0. The fourth-order valence-electron chi connectivity index (χ4n) is 6.53. The summed E-state index contributed by atoms with van der Waals surface area (Å²) in [5.74, 6) is 0. The molecule has 9 aromatic rings. The van der Waals surface area contributed by atoms with Gasteiger partial charge in [0.1, 0.15) is 5.52 Å². The predicted molar refractivity (Wildman–Crippen MR) is 174 cm³/mol. The Labute approximate surface area is 241 Å². The lowest BCUT2D eigenvalue weighted by molar-refractivity contribution is 1.18. The molecule has 9 rings (SSSR count). The number of aromatic nitrogens is 4. The maximum atomic E-state index is 4.80. The monoisotopic (exact) mass is 536 g/mol. The Morgan fingerprint density at radius 1 is 0.429 bits per heavy atom. The molecule has 0 bridgehead atoms. The molecule has 0 atom stereocenters. The Morgan fingerprint density at radius 3 is 1.76 bits per heavy atom. The van der Waals surface area contributed by atoms with Gasteiger partial charge in [-0.1, -0.05) is 66.7 Å². The van der Waals surface area contributed by atoms with Gasteiger partial charge in [-0.15, -0.1) is 0 Å². The largest absolute Gasteiger partial charge is 0.309 e. The first-order valence-corrected chi connectivity index (χ1v) is 14.2. The lowest BCUT2D eigenvalue weighted by atomic mass is 10.0. The SMILES string of the molecule is c1ccc(-n2c3ccccc3c3cc(-c4ccc5c(c4)c4cnc6cccnc6c4n5-c4ccccc4)ccc32)cc1. The van der Waals surface area contributed by atoms with E-state index in [-0.39, 0.29) is 0 Å². The van der Waals surface area contributed by atoms with E-state index in [0.717, 1.165) is 33.1 Å². The second-order valence-corrected chi connectivity index (χ2v) is 10.7. The summed E-state index contributed by atoms with van der Waals surface area (Å²) in [5.41, 5.74) is 11.1. The Kier molecular flexibility index (Phi) is 4.87. The molecular formula is C38H24N4. The molecule has 0 spiro atoms. The van der Waals surface area contributed by atoms with Crippen LogP contribution in [0.2, 0.25) is 0 Å². The quantitative estimate of drug-likeness (QED) is 0.225. The fourth-order valence-corrected chi connectivity index (χ4v) is 6.53. The molecule has 0 aliphatic heterocycles. The van der Waals surface area contributed by atoms with Crippen LogP contribution in [0.5, 0.6) is 0 Å². The van der Waals surface area contributed by atoms with Crippen molar-refractivity contribution in [3.8, 4) is 22.5 Å². The van der Waals surface area contributed by atoms with Crippen molar-refractivity contribution >= 4 is 54.6 Å². The molecule has 0 saturated heterocycles. The Balaban J connectivity index is 1.31. The standard InChI is InChI=1S/C38H24N4/c1-3-10-27(11-4-1)41-34-16-8-7-14-29(34)30-22-25(17-19-35(30)41)26-18-20-36-31(23-26)32-24-40-33-15-9-21-39-37(33)38(32)42(36)28-12-5-2-6-13-28/h1-24H. The van der Waals surface area contributed by atoms with E-state index in [1.165, 1.54) is 44.0 Å². The lowest BCUT2D eigenvalue weighted by Gasteiger charge is -2.09. The van der Waals surface area contributed by atoms with Crippen molar-refractivity contribution in [2.75, 3.05) is 0 Å². The highest BCUT2D eigenvalue weighted by Gasteiger charge is 2.18. The zero-order valence-corrected chi connectivity index (χ0v) is 22.6. The normalized spacial score (nSPS) is 11.8. The van der Waals surface area contributed by atoms with Crippen molar-refractivity contribution in [3.63, 3.8) is 0 Å². The summed E-state index contributed by atoms with van der Waals surface area (Å²) in [7, 11) is 0. The highest BCUT2D eigenvalue weighted by molar-refractivity contribution is 6.17. The fraction of sp³-hybridized carbons (Fsp3) is 0. The van der Waals surface area contributed by atoms with Gasteiger partial charge in [0.2, 0.25) is 0 Å². The van der Waals surface area contributed by atoms with Crippen LogP contribution in [-0.4, -0.2) is 19.1 Å². The van der Waals surface area contributed by atoms with Crippen LogP contribution in [0.1, 0.15) is 0 Å². The summed E-state index contributed by atoms with van der Waals surface area (Å²) in [6, 6.07) is 47.4. The number of benzene rings is 5. The van der Waals surface area contributed by atoms with Gasteiger partial charge in [0.05, 0.1) is 27.6 Å². The van der Waals surface area contributed by atoms with Crippen molar-refractivity contribution in [3.05, 3.63) is 146 Å². The number of hydrogen-bond acceptors (Lipinski definition) is 2. The summed E-state index contributed by atoms with van der Waals surface area (Å²) in [6.45, 7) is 0. The number of para-hydroxylation sites is 3. The topological polar surface area (TPSA) is 35.6 Å². The van der Waals surface area contributed by atoms with Crippen molar-refractivity contribution < 1.29 is 0 Å². The third kappa shape index (κ3) is 3.29. The molecule has 0 unspecified atom stereocenters. The van der Waals surface area contributed by atoms with Crippen LogP contribution in [0.3, 0.4) is 0 Å². The summed E-state index contributed by atoms with van der Waals surface area (Å²) in [6.07, 6.45) is 3.85. The first-order chi connectivity index (χ1) is 20.8. The van der Waals surface area contributed by atoms with Crippen LogP contribution in [0, 0.1) is 0 Å². The second-order valence-electron chi connectivity index (χ2n) is 10.7. The van der Waals surface area contributed by atoms with Crippen LogP contribution >= 0.6 is 0 Å². The van der Waals surface area contributed by atoms with E-state index >= 15 is 0 Å². The summed E-state index contributed by atoms with van der Waals surface area (Å²) < 4.78 is 4.68. The average molecular weight is 537 g/mol. The predicted octanol–water partition coefficient (Wildman–Crippen LogP) is 9.49. The molecule has 5 aromatic carbocycles. The minimum atomic E-state index is 0.894. The maximum Gasteiger partial charge on any atom is 0.113 e. The minimum absolute atomic E-state index is 0.894. The number of hydrogen-bond donors (Lipinski definition) is 0. The Hall–Kier alpha value is -5.74. The third-order valence-corrected chi connectivity index (χ3v) is 8.38. The average Bonchev–Trinajstić information content (AvgIpc) is 3.58. The zero-order valence-electron chi connectivity index (χ0n) is 22.6. The van der Waals surface area contributed by atoms with E-state index in [0.29, 0.717) is 0 Å². The molecule has 4 heteroatoms. The molecule has 0 radical (unpaired) electrons. The van der Waals surface area contributed by atoms with Gasteiger partial charge in [-0.25, -0.2) is 0 Å². The van der Waals surface area contributed by atoms with E-state index in [9.17, 15) is 0 Å². The van der Waals surface area contributed by atoms with Crippen molar-refractivity contribution in [2.24, 2.45) is 0 Å². The van der Waals surface area contributed by atoms with Gasteiger partial charge in [-0.2, -0.15) is 0 Å². The highest BCUT2D eigenvalue weighted by atomic mass is 15.0. The third-order valence-electron chi connectivity index (χ3n) is 8.38. The lowest BCUT2D eigenvalue weighted by Crippen LogP contribution is -1.95. The second kappa shape index (κ2) is 8.88. The molecule has 0 saturated carbocycles. The van der Waals surface area contributed by atoms with E-state index in [1.807, 2.05) is 24.5 Å². The molecule has 0 aliphatic rings. The van der Waals surface area contributed by atoms with Crippen LogP contribution < -0.4 is 0 Å². The highest BCUT2D eigenvalue weighted by Crippen LogP contribution is 2.39. The summed E-state index contributed by atoms with van der Waals surface area (Å²) in [5, 5.41) is 4.76. The zero-order chi connectivity index (χ0) is 27.6. The molecule has 0 aliphatic carbocycles. The van der Waals surface area contributed by atoms with Crippen LogP contribution in [0.4, 0.5) is 0 Å². The van der Waals surface area contributed by atoms with E-state index in [2.05, 4.69) is 130 Å². The molecule has 4 nitrogen and oxygen atoms in total. The van der Waals surface area contributed by atoms with Gasteiger partial charge in [-0.3, -0.25) is 9.97 Å². The minimum Gasteiger partial charge on any atom is -0.309 e. The Morgan fingerprint density at radius 2 is 1.02 bits per heavy atom. The summed E-state index contributed by atoms with van der Waals surface area (Å²) in [4.78, 5) is 9.57. The van der Waals surface area contributed by atoms with Gasteiger partial charge < -0.3 is 9.13 Å². The van der Waals surface area contributed by atoms with Gasteiger partial charge in [-0.05, 0) is 77.9 Å². The molecule has 0 amide bonds. The number of fused-ring (bicyclic) bond motifs is 8. The molecule has 0 N–H and O–H groups in total. The van der Waals surface area contributed by atoms with Crippen LogP contribution in [0.25, 0.3) is 77.1 Å². The van der Waals surface area contributed by atoms with Crippen LogP contribution in [-0.2, 0) is 0 Å². The maximum absolute atomic E-state index is 4.80. The molecular weight excluding hydrogens is 512 g/mol. The van der Waals surface area contributed by atoms with Gasteiger partial charge in [0.25, 0.3) is 0 Å².